The van der Waals surface area contributed by atoms with Crippen LogP contribution in [-0.4, -0.2) is 70.3 Å². The fraction of sp³-hybridized carbons (Fsp3) is 0.600. The number of nitrogens with one attached hydrogen (secondary N) is 1. The first-order valence-electron chi connectivity index (χ1n) is 7.76. The van der Waals surface area contributed by atoms with Gasteiger partial charge < -0.3 is 15.1 Å². The summed E-state index contributed by atoms with van der Waals surface area (Å²) in [5, 5.41) is 3.21. The summed E-state index contributed by atoms with van der Waals surface area (Å²) in [6.45, 7) is 5.11. The minimum Gasteiger partial charge on any atom is -0.341 e. The van der Waals surface area contributed by atoms with Gasteiger partial charge in [0.1, 0.15) is 11.7 Å². The monoisotopic (exact) mass is 303 g/mol. The Morgan fingerprint density at radius 3 is 2.64 bits per heavy atom. The smallest absolute Gasteiger partial charge is 0.274 e. The van der Waals surface area contributed by atoms with Gasteiger partial charge in [0.25, 0.3) is 5.91 Å². The summed E-state index contributed by atoms with van der Waals surface area (Å²) in [5.74, 6) is -0.176. The van der Waals surface area contributed by atoms with E-state index >= 15 is 0 Å². The molecule has 2 fully saturated rings. The van der Waals surface area contributed by atoms with Gasteiger partial charge in [0.2, 0.25) is 5.91 Å². The van der Waals surface area contributed by atoms with Crippen molar-refractivity contribution in [1.29, 1.82) is 0 Å². The second-order valence-electron chi connectivity index (χ2n) is 5.79. The Balaban J connectivity index is 1.78. The maximum atomic E-state index is 12.7. The molecule has 0 unspecified atom stereocenters. The van der Waals surface area contributed by atoms with Crippen LogP contribution in [0, 0.1) is 6.92 Å². The normalized spacial score (nSPS) is 22.0. The number of carbonyl (C=O) groups is 2. The third-order valence-electron chi connectivity index (χ3n) is 4.21. The zero-order valence-corrected chi connectivity index (χ0v) is 12.8. The molecule has 1 N–H and O–H groups in total. The number of hydrogen-bond donors (Lipinski definition) is 1. The van der Waals surface area contributed by atoms with Crippen molar-refractivity contribution in [2.24, 2.45) is 0 Å². The maximum Gasteiger partial charge on any atom is 0.274 e. The van der Waals surface area contributed by atoms with Gasteiger partial charge in [-0.1, -0.05) is 0 Å². The lowest BCUT2D eigenvalue weighted by atomic mass is 10.1. The van der Waals surface area contributed by atoms with Crippen molar-refractivity contribution >= 4 is 11.8 Å². The standard InChI is InChI=1S/C15H21N5O2/c1-11-8-18-12(9-17-11)14(21)20-7-4-16-10-13(20)15(22)19-5-2-3-6-19/h8-9,13,16H,2-7,10H2,1H3/t13-/m1/s1. The quantitative estimate of drug-likeness (QED) is 0.820. The predicted octanol–water partition coefficient (Wildman–Crippen LogP) is -0.179. The number of rotatable bonds is 2. The molecule has 0 saturated carbocycles. The SMILES string of the molecule is Cc1cnc(C(=O)N2CCNC[C@@H]2C(=O)N2CCCC2)cn1. The Hall–Kier alpha value is -2.02. The lowest BCUT2D eigenvalue weighted by molar-refractivity contribution is -0.135. The summed E-state index contributed by atoms with van der Waals surface area (Å²) in [6.07, 6.45) is 5.15. The first-order chi connectivity index (χ1) is 10.7. The number of nitrogens with zero attached hydrogens (tertiary/aromatic N) is 4. The molecule has 0 aromatic carbocycles. The zero-order valence-electron chi connectivity index (χ0n) is 12.8. The fourth-order valence-electron chi connectivity index (χ4n) is 2.97. The molecule has 0 spiro atoms. The molecule has 1 aromatic heterocycles. The molecule has 7 heteroatoms. The third kappa shape index (κ3) is 2.94. The highest BCUT2D eigenvalue weighted by Gasteiger charge is 2.36. The van der Waals surface area contributed by atoms with E-state index in [2.05, 4.69) is 15.3 Å². The van der Waals surface area contributed by atoms with Gasteiger partial charge in [-0.25, -0.2) is 4.98 Å². The van der Waals surface area contributed by atoms with Crippen LogP contribution in [0.1, 0.15) is 29.0 Å². The van der Waals surface area contributed by atoms with Crippen molar-refractivity contribution in [3.05, 3.63) is 23.8 Å². The molecule has 2 aliphatic rings. The van der Waals surface area contributed by atoms with E-state index in [0.29, 0.717) is 25.3 Å². The molecule has 2 saturated heterocycles. The van der Waals surface area contributed by atoms with Crippen molar-refractivity contribution in [1.82, 2.24) is 25.1 Å². The molecule has 1 atom stereocenters. The van der Waals surface area contributed by atoms with Crippen LogP contribution in [0.4, 0.5) is 0 Å². The zero-order chi connectivity index (χ0) is 15.5. The van der Waals surface area contributed by atoms with Crippen molar-refractivity contribution in [3.8, 4) is 0 Å². The Morgan fingerprint density at radius 2 is 1.95 bits per heavy atom. The molecule has 2 amide bonds. The van der Waals surface area contributed by atoms with Gasteiger partial charge in [-0.15, -0.1) is 0 Å². The van der Waals surface area contributed by atoms with Gasteiger partial charge >= 0.3 is 0 Å². The summed E-state index contributed by atoms with van der Waals surface area (Å²) >= 11 is 0. The largest absolute Gasteiger partial charge is 0.341 e. The number of aromatic nitrogens is 2. The first kappa shape index (κ1) is 14.9. The molecule has 7 nitrogen and oxygen atoms in total. The third-order valence-corrected chi connectivity index (χ3v) is 4.21. The van der Waals surface area contributed by atoms with Crippen LogP contribution < -0.4 is 5.32 Å². The highest BCUT2D eigenvalue weighted by atomic mass is 16.2. The topological polar surface area (TPSA) is 78.4 Å². The van der Waals surface area contributed by atoms with Crippen LogP contribution >= 0.6 is 0 Å². The number of likely N-dealkylation sites (tertiary alicyclic amines) is 1. The number of amides is 2. The molecule has 1 aromatic rings. The summed E-state index contributed by atoms with van der Waals surface area (Å²) in [6, 6.07) is -0.442. The molecule has 0 radical (unpaired) electrons. The fourth-order valence-corrected chi connectivity index (χ4v) is 2.97. The minimum absolute atomic E-state index is 0.0399. The average Bonchev–Trinajstić information content (AvgIpc) is 3.09. The van der Waals surface area contributed by atoms with E-state index in [1.165, 1.54) is 6.20 Å². The average molecular weight is 303 g/mol. The highest BCUT2D eigenvalue weighted by molar-refractivity contribution is 5.96. The molecule has 2 aliphatic heterocycles. The van der Waals surface area contributed by atoms with Gasteiger partial charge in [0, 0.05) is 38.9 Å². The molecular formula is C15H21N5O2. The van der Waals surface area contributed by atoms with E-state index in [-0.39, 0.29) is 11.8 Å². The summed E-state index contributed by atoms with van der Waals surface area (Å²) in [4.78, 5) is 37.1. The lowest BCUT2D eigenvalue weighted by Gasteiger charge is -2.36. The van der Waals surface area contributed by atoms with Gasteiger partial charge in [-0.05, 0) is 19.8 Å². The number of aryl methyl sites for hydroxylation is 1. The summed E-state index contributed by atoms with van der Waals surface area (Å²) < 4.78 is 0. The van der Waals surface area contributed by atoms with E-state index in [9.17, 15) is 9.59 Å². The van der Waals surface area contributed by atoms with Gasteiger partial charge in [0.15, 0.2) is 0 Å². The molecule has 3 rings (SSSR count). The molecule has 118 valence electrons. The molecular weight excluding hydrogens is 282 g/mol. The Bertz CT molecular complexity index is 554. The minimum atomic E-state index is -0.442. The van der Waals surface area contributed by atoms with Crippen LogP contribution in [0.15, 0.2) is 12.4 Å². The predicted molar refractivity (Wildman–Crippen MR) is 80.3 cm³/mol. The van der Waals surface area contributed by atoms with Crippen LogP contribution in [0.2, 0.25) is 0 Å². The first-order valence-corrected chi connectivity index (χ1v) is 7.76. The Labute approximate surface area is 129 Å². The number of piperazine rings is 1. The molecule has 0 aliphatic carbocycles. The van der Waals surface area contributed by atoms with Crippen molar-refractivity contribution < 1.29 is 9.59 Å². The molecule has 0 bridgehead atoms. The molecule has 3 heterocycles. The van der Waals surface area contributed by atoms with Gasteiger partial charge in [-0.3, -0.25) is 14.6 Å². The van der Waals surface area contributed by atoms with Gasteiger partial charge in [-0.2, -0.15) is 0 Å². The van der Waals surface area contributed by atoms with Crippen molar-refractivity contribution in [2.45, 2.75) is 25.8 Å². The molecule has 22 heavy (non-hydrogen) atoms. The Kier molecular flexibility index (Phi) is 4.33. The second kappa shape index (κ2) is 6.39. The van der Waals surface area contributed by atoms with E-state index in [1.54, 1.807) is 11.1 Å². The van der Waals surface area contributed by atoms with E-state index in [1.807, 2.05) is 11.8 Å². The van der Waals surface area contributed by atoms with Crippen LogP contribution in [-0.2, 0) is 4.79 Å². The Morgan fingerprint density at radius 1 is 1.18 bits per heavy atom. The summed E-state index contributed by atoms with van der Waals surface area (Å²) in [7, 11) is 0. The van der Waals surface area contributed by atoms with E-state index in [0.717, 1.165) is 31.6 Å². The van der Waals surface area contributed by atoms with E-state index < -0.39 is 6.04 Å². The maximum absolute atomic E-state index is 12.7. The van der Waals surface area contributed by atoms with Gasteiger partial charge in [0.05, 0.1) is 11.9 Å². The van der Waals surface area contributed by atoms with Crippen LogP contribution in [0.3, 0.4) is 0 Å². The number of hydrogen-bond acceptors (Lipinski definition) is 5. The summed E-state index contributed by atoms with van der Waals surface area (Å²) in [5.41, 5.74) is 1.06. The van der Waals surface area contributed by atoms with Crippen molar-refractivity contribution in [2.75, 3.05) is 32.7 Å². The lowest BCUT2D eigenvalue weighted by Crippen LogP contribution is -2.60. The van der Waals surface area contributed by atoms with Crippen molar-refractivity contribution in [3.63, 3.8) is 0 Å². The second-order valence-corrected chi connectivity index (χ2v) is 5.79. The van der Waals surface area contributed by atoms with E-state index in [4.69, 9.17) is 0 Å². The van der Waals surface area contributed by atoms with Crippen LogP contribution in [0.25, 0.3) is 0 Å². The number of carbonyl (C=O) groups excluding carboxylic acids is 2. The highest BCUT2D eigenvalue weighted by Crippen LogP contribution is 2.15. The van der Waals surface area contributed by atoms with Crippen LogP contribution in [0.5, 0.6) is 0 Å².